The van der Waals surface area contributed by atoms with Gasteiger partial charge < -0.3 is 10.5 Å². The molecular formula is C20H27ClN2O. The molecule has 0 aliphatic carbocycles. The summed E-state index contributed by atoms with van der Waals surface area (Å²) in [6.45, 7) is 4.74. The highest BCUT2D eigenvalue weighted by molar-refractivity contribution is 5.85. The van der Waals surface area contributed by atoms with Gasteiger partial charge in [0, 0.05) is 13.1 Å². The fourth-order valence-corrected chi connectivity index (χ4v) is 3.18. The summed E-state index contributed by atoms with van der Waals surface area (Å²) >= 11 is 0. The number of halogens is 1. The average Bonchev–Trinajstić information content (AvgIpc) is 2.62. The third-order valence-electron chi connectivity index (χ3n) is 4.51. The smallest absolute Gasteiger partial charge is 0.119 e. The van der Waals surface area contributed by atoms with Crippen molar-refractivity contribution in [1.29, 1.82) is 0 Å². The monoisotopic (exact) mass is 346 g/mol. The summed E-state index contributed by atoms with van der Waals surface area (Å²) in [5.74, 6) is 1.59. The van der Waals surface area contributed by atoms with Crippen molar-refractivity contribution in [1.82, 2.24) is 4.90 Å². The van der Waals surface area contributed by atoms with E-state index in [0.29, 0.717) is 12.5 Å². The molecule has 0 aromatic heterocycles. The molecular weight excluding hydrogens is 320 g/mol. The Hall–Kier alpha value is -1.55. The largest absolute Gasteiger partial charge is 0.489 e. The van der Waals surface area contributed by atoms with E-state index >= 15 is 0 Å². The van der Waals surface area contributed by atoms with E-state index in [0.717, 1.165) is 25.4 Å². The Labute approximate surface area is 151 Å². The van der Waals surface area contributed by atoms with Gasteiger partial charge in [-0.1, -0.05) is 42.5 Å². The fourth-order valence-electron chi connectivity index (χ4n) is 3.18. The van der Waals surface area contributed by atoms with Gasteiger partial charge in [-0.3, -0.25) is 4.90 Å². The Kier molecular flexibility index (Phi) is 7.57. The zero-order valence-electron chi connectivity index (χ0n) is 14.1. The lowest BCUT2D eigenvalue weighted by molar-refractivity contribution is 0.171. The van der Waals surface area contributed by atoms with Crippen LogP contribution in [0.5, 0.6) is 5.75 Å². The first kappa shape index (κ1) is 18.8. The van der Waals surface area contributed by atoms with Crippen LogP contribution in [-0.2, 0) is 13.2 Å². The van der Waals surface area contributed by atoms with Gasteiger partial charge in [-0.05, 0) is 55.1 Å². The second kappa shape index (κ2) is 9.67. The molecule has 1 fully saturated rings. The Bertz CT molecular complexity index is 588. The van der Waals surface area contributed by atoms with Crippen molar-refractivity contribution in [2.45, 2.75) is 26.0 Å². The molecule has 4 heteroatoms. The van der Waals surface area contributed by atoms with Crippen LogP contribution in [0.15, 0.2) is 54.6 Å². The maximum atomic E-state index is 5.84. The number of benzene rings is 2. The first-order valence-corrected chi connectivity index (χ1v) is 8.51. The minimum atomic E-state index is 0. The zero-order chi connectivity index (χ0) is 15.9. The van der Waals surface area contributed by atoms with Gasteiger partial charge >= 0.3 is 0 Å². The molecule has 1 aliphatic rings. The Morgan fingerprint density at radius 2 is 1.75 bits per heavy atom. The number of ether oxygens (including phenoxy) is 1. The van der Waals surface area contributed by atoms with Crippen molar-refractivity contribution in [3.63, 3.8) is 0 Å². The van der Waals surface area contributed by atoms with Gasteiger partial charge in [-0.25, -0.2) is 0 Å². The minimum Gasteiger partial charge on any atom is -0.489 e. The third kappa shape index (κ3) is 5.52. The van der Waals surface area contributed by atoms with Gasteiger partial charge in [0.25, 0.3) is 0 Å². The highest BCUT2D eigenvalue weighted by Gasteiger charge is 2.18. The molecule has 1 saturated heterocycles. The van der Waals surface area contributed by atoms with E-state index < -0.39 is 0 Å². The molecule has 130 valence electrons. The summed E-state index contributed by atoms with van der Waals surface area (Å²) in [7, 11) is 0. The van der Waals surface area contributed by atoms with Crippen LogP contribution in [-0.4, -0.2) is 24.5 Å². The SMILES string of the molecule is Cl.NCC1CCCN(Cc2ccc(OCc3ccccc3)cc2)C1. The molecule has 2 aromatic carbocycles. The standard InChI is InChI=1S/C20H26N2O.ClH/c21-13-19-7-4-12-22(15-19)14-17-8-10-20(11-9-17)23-16-18-5-2-1-3-6-18;/h1-3,5-6,8-11,19H,4,7,12-16,21H2;1H. The van der Waals surface area contributed by atoms with Crippen molar-refractivity contribution in [2.24, 2.45) is 11.7 Å². The molecule has 0 spiro atoms. The molecule has 0 amide bonds. The molecule has 2 aromatic rings. The van der Waals surface area contributed by atoms with E-state index in [1.165, 1.54) is 30.5 Å². The molecule has 3 rings (SSSR count). The molecule has 3 nitrogen and oxygen atoms in total. The minimum absolute atomic E-state index is 0. The number of likely N-dealkylation sites (tertiary alicyclic amines) is 1. The molecule has 0 bridgehead atoms. The molecule has 1 aliphatic heterocycles. The Balaban J connectivity index is 0.00000208. The summed E-state index contributed by atoms with van der Waals surface area (Å²) in [5.41, 5.74) is 8.35. The van der Waals surface area contributed by atoms with Crippen LogP contribution < -0.4 is 10.5 Å². The normalized spacial score (nSPS) is 18.0. The van der Waals surface area contributed by atoms with Gasteiger partial charge in [0.15, 0.2) is 0 Å². The second-order valence-electron chi connectivity index (χ2n) is 6.40. The molecule has 2 N–H and O–H groups in total. The second-order valence-corrected chi connectivity index (χ2v) is 6.40. The maximum Gasteiger partial charge on any atom is 0.119 e. The topological polar surface area (TPSA) is 38.5 Å². The van der Waals surface area contributed by atoms with E-state index in [1.807, 2.05) is 18.2 Å². The lowest BCUT2D eigenvalue weighted by atomic mass is 9.98. The van der Waals surface area contributed by atoms with Crippen LogP contribution in [0.2, 0.25) is 0 Å². The Morgan fingerprint density at radius 1 is 1.00 bits per heavy atom. The molecule has 24 heavy (non-hydrogen) atoms. The van der Waals surface area contributed by atoms with E-state index in [4.69, 9.17) is 10.5 Å². The van der Waals surface area contributed by atoms with E-state index in [2.05, 4.69) is 41.3 Å². The van der Waals surface area contributed by atoms with Gasteiger partial charge in [0.1, 0.15) is 12.4 Å². The van der Waals surface area contributed by atoms with Crippen LogP contribution in [0.3, 0.4) is 0 Å². The molecule has 1 unspecified atom stereocenters. The molecule has 1 atom stereocenters. The summed E-state index contributed by atoms with van der Waals surface area (Å²) < 4.78 is 5.84. The van der Waals surface area contributed by atoms with Gasteiger partial charge in [-0.2, -0.15) is 0 Å². The number of rotatable bonds is 6. The lowest BCUT2D eigenvalue weighted by Crippen LogP contribution is -2.37. The maximum absolute atomic E-state index is 5.84. The van der Waals surface area contributed by atoms with Gasteiger partial charge in [0.05, 0.1) is 0 Å². The predicted molar refractivity (Wildman–Crippen MR) is 102 cm³/mol. The van der Waals surface area contributed by atoms with Crippen LogP contribution in [0.25, 0.3) is 0 Å². The Morgan fingerprint density at radius 3 is 2.46 bits per heavy atom. The van der Waals surface area contributed by atoms with E-state index in [9.17, 15) is 0 Å². The van der Waals surface area contributed by atoms with Crippen LogP contribution >= 0.6 is 12.4 Å². The van der Waals surface area contributed by atoms with Crippen molar-refractivity contribution < 1.29 is 4.74 Å². The van der Waals surface area contributed by atoms with Crippen molar-refractivity contribution in [2.75, 3.05) is 19.6 Å². The highest BCUT2D eigenvalue weighted by atomic mass is 35.5. The van der Waals surface area contributed by atoms with Gasteiger partial charge in [-0.15, -0.1) is 12.4 Å². The van der Waals surface area contributed by atoms with Crippen molar-refractivity contribution in [3.05, 3.63) is 65.7 Å². The summed E-state index contributed by atoms with van der Waals surface area (Å²) in [4.78, 5) is 2.51. The molecule has 0 radical (unpaired) electrons. The highest BCUT2D eigenvalue weighted by Crippen LogP contribution is 2.19. The number of piperidine rings is 1. The first-order chi connectivity index (χ1) is 11.3. The van der Waals surface area contributed by atoms with Crippen LogP contribution in [0, 0.1) is 5.92 Å². The number of hydrogen-bond acceptors (Lipinski definition) is 3. The predicted octanol–water partition coefficient (Wildman–Crippen LogP) is 3.86. The lowest BCUT2D eigenvalue weighted by Gasteiger charge is -2.32. The first-order valence-electron chi connectivity index (χ1n) is 8.51. The van der Waals surface area contributed by atoms with Gasteiger partial charge in [0.2, 0.25) is 0 Å². The van der Waals surface area contributed by atoms with Crippen molar-refractivity contribution in [3.8, 4) is 5.75 Å². The molecule has 1 heterocycles. The summed E-state index contributed by atoms with van der Waals surface area (Å²) in [5, 5.41) is 0. The van der Waals surface area contributed by atoms with E-state index in [1.54, 1.807) is 0 Å². The third-order valence-corrected chi connectivity index (χ3v) is 4.51. The number of nitrogens with two attached hydrogens (primary N) is 1. The molecule has 0 saturated carbocycles. The summed E-state index contributed by atoms with van der Waals surface area (Å²) in [6.07, 6.45) is 2.54. The average molecular weight is 347 g/mol. The van der Waals surface area contributed by atoms with E-state index in [-0.39, 0.29) is 12.4 Å². The quantitative estimate of drug-likeness (QED) is 0.863. The van der Waals surface area contributed by atoms with Crippen molar-refractivity contribution >= 4 is 12.4 Å². The van der Waals surface area contributed by atoms with Crippen LogP contribution in [0.1, 0.15) is 24.0 Å². The zero-order valence-corrected chi connectivity index (χ0v) is 14.9. The number of hydrogen-bond donors (Lipinski definition) is 1. The summed E-state index contributed by atoms with van der Waals surface area (Å²) in [6, 6.07) is 18.7. The number of nitrogens with zero attached hydrogens (tertiary/aromatic N) is 1. The fraction of sp³-hybridized carbons (Fsp3) is 0.400. The van der Waals surface area contributed by atoms with Crippen LogP contribution in [0.4, 0.5) is 0 Å².